The van der Waals surface area contributed by atoms with Gasteiger partial charge in [-0.15, -0.1) is 0 Å². The summed E-state index contributed by atoms with van der Waals surface area (Å²) in [5.74, 6) is -0.116. The van der Waals surface area contributed by atoms with Crippen molar-refractivity contribution in [2.75, 3.05) is 18.0 Å². The molecule has 2 rings (SSSR count). The maximum absolute atomic E-state index is 13.5. The Hall–Kier alpha value is -2.54. The average molecular weight is 405 g/mol. The maximum atomic E-state index is 13.5. The number of methoxy groups -OCH3 is 1. The summed E-state index contributed by atoms with van der Waals surface area (Å²) in [5, 5.41) is 2.83. The molecular formula is C21H28N2O4S. The number of hydrogen-bond acceptors (Lipinski definition) is 4. The van der Waals surface area contributed by atoms with Crippen LogP contribution in [-0.2, 0) is 14.8 Å². The van der Waals surface area contributed by atoms with Gasteiger partial charge < -0.3 is 10.1 Å². The van der Waals surface area contributed by atoms with Crippen molar-refractivity contribution in [1.82, 2.24) is 5.32 Å². The molecule has 0 aliphatic rings. The molecule has 1 N–H and O–H groups in total. The Morgan fingerprint density at radius 1 is 1.11 bits per heavy atom. The molecule has 0 heterocycles. The van der Waals surface area contributed by atoms with Crippen LogP contribution in [0.5, 0.6) is 5.75 Å². The van der Waals surface area contributed by atoms with E-state index in [9.17, 15) is 13.2 Å². The molecule has 152 valence electrons. The van der Waals surface area contributed by atoms with Gasteiger partial charge in [-0.25, -0.2) is 8.42 Å². The van der Waals surface area contributed by atoms with Gasteiger partial charge in [-0.05, 0) is 57.0 Å². The first-order valence-electron chi connectivity index (χ1n) is 9.22. The van der Waals surface area contributed by atoms with Crippen LogP contribution in [0.2, 0.25) is 0 Å². The van der Waals surface area contributed by atoms with Crippen LogP contribution < -0.4 is 14.4 Å². The molecule has 0 aliphatic heterocycles. The lowest BCUT2D eigenvalue weighted by molar-refractivity contribution is -0.120. The van der Waals surface area contributed by atoms with Crippen molar-refractivity contribution in [3.05, 3.63) is 53.6 Å². The van der Waals surface area contributed by atoms with Gasteiger partial charge in [0.15, 0.2) is 0 Å². The molecule has 2 aromatic carbocycles. The lowest BCUT2D eigenvalue weighted by atomic mass is 10.2. The number of carbonyl (C=O) groups is 1. The molecule has 0 aromatic heterocycles. The summed E-state index contributed by atoms with van der Waals surface area (Å²) < 4.78 is 33.4. The smallest absolute Gasteiger partial charge is 0.268 e. The number of hydrogen-bond donors (Lipinski definition) is 1. The van der Waals surface area contributed by atoms with Crippen LogP contribution in [0.3, 0.4) is 0 Å². The normalized spacial score (nSPS) is 12.3. The van der Waals surface area contributed by atoms with Gasteiger partial charge >= 0.3 is 0 Å². The van der Waals surface area contributed by atoms with Crippen LogP contribution in [0.1, 0.15) is 31.4 Å². The van der Waals surface area contributed by atoms with Crippen LogP contribution in [-0.4, -0.2) is 34.0 Å². The van der Waals surface area contributed by atoms with Gasteiger partial charge in [0, 0.05) is 6.04 Å². The first kappa shape index (κ1) is 21.8. The number of rotatable bonds is 8. The number of carbonyl (C=O) groups excluding carboxylic acids is 1. The Bertz CT molecular complexity index is 924. The topological polar surface area (TPSA) is 75.7 Å². The highest BCUT2D eigenvalue weighted by Gasteiger charge is 2.30. The highest BCUT2D eigenvalue weighted by atomic mass is 32.2. The fourth-order valence-corrected chi connectivity index (χ4v) is 4.35. The summed E-state index contributed by atoms with van der Waals surface area (Å²) in [6, 6.07) is 12.0. The van der Waals surface area contributed by atoms with E-state index in [-0.39, 0.29) is 29.1 Å². The van der Waals surface area contributed by atoms with Crippen LogP contribution in [0.15, 0.2) is 47.4 Å². The average Bonchev–Trinajstić information content (AvgIpc) is 2.66. The molecule has 0 fully saturated rings. The summed E-state index contributed by atoms with van der Waals surface area (Å²) in [5.41, 5.74) is 2.21. The van der Waals surface area contributed by atoms with E-state index in [1.807, 2.05) is 39.8 Å². The van der Waals surface area contributed by atoms with Gasteiger partial charge in [0.1, 0.15) is 17.2 Å². The molecule has 0 saturated heterocycles. The maximum Gasteiger partial charge on any atom is 0.268 e. The summed E-state index contributed by atoms with van der Waals surface area (Å²) in [6.45, 7) is 7.25. The van der Waals surface area contributed by atoms with Gasteiger partial charge in [-0.1, -0.05) is 30.7 Å². The van der Waals surface area contributed by atoms with Crippen LogP contribution >= 0.6 is 0 Å². The van der Waals surface area contributed by atoms with Gasteiger partial charge in [-0.2, -0.15) is 0 Å². The molecule has 1 atom stereocenters. The SMILES string of the molecule is CC[C@H](C)NC(=O)CN(c1ccc(C)cc1)S(=O)(=O)c1cc(C)ccc1OC. The zero-order valence-electron chi connectivity index (χ0n) is 17.0. The molecular weight excluding hydrogens is 376 g/mol. The Balaban J connectivity index is 2.52. The number of benzene rings is 2. The van der Waals surface area contributed by atoms with E-state index in [1.165, 1.54) is 7.11 Å². The zero-order valence-corrected chi connectivity index (χ0v) is 17.8. The first-order valence-corrected chi connectivity index (χ1v) is 10.7. The lowest BCUT2D eigenvalue weighted by Gasteiger charge is -2.26. The van der Waals surface area contributed by atoms with Gasteiger partial charge in [-0.3, -0.25) is 9.10 Å². The number of amides is 1. The number of sulfonamides is 1. The monoisotopic (exact) mass is 404 g/mol. The molecule has 0 radical (unpaired) electrons. The van der Waals surface area contributed by atoms with E-state index >= 15 is 0 Å². The molecule has 0 spiro atoms. The first-order chi connectivity index (χ1) is 13.2. The van der Waals surface area contributed by atoms with Crippen molar-refractivity contribution in [2.24, 2.45) is 0 Å². The van der Waals surface area contributed by atoms with E-state index in [1.54, 1.807) is 30.3 Å². The van der Waals surface area contributed by atoms with Crippen molar-refractivity contribution in [3.8, 4) is 5.75 Å². The van der Waals surface area contributed by atoms with Gasteiger partial charge in [0.05, 0.1) is 12.8 Å². The van der Waals surface area contributed by atoms with Crippen LogP contribution in [0.25, 0.3) is 0 Å². The molecule has 28 heavy (non-hydrogen) atoms. The van der Waals surface area contributed by atoms with E-state index in [2.05, 4.69) is 5.32 Å². The molecule has 7 heteroatoms. The zero-order chi connectivity index (χ0) is 20.9. The highest BCUT2D eigenvalue weighted by Crippen LogP contribution is 2.31. The second kappa shape index (κ2) is 9.10. The van der Waals surface area contributed by atoms with E-state index in [0.29, 0.717) is 5.69 Å². The van der Waals surface area contributed by atoms with Crippen LogP contribution in [0.4, 0.5) is 5.69 Å². The minimum Gasteiger partial charge on any atom is -0.495 e. The predicted octanol–water partition coefficient (Wildman–Crippen LogP) is 3.42. The molecule has 2 aromatic rings. The highest BCUT2D eigenvalue weighted by molar-refractivity contribution is 7.93. The second-order valence-corrected chi connectivity index (χ2v) is 8.71. The molecule has 6 nitrogen and oxygen atoms in total. The fourth-order valence-electron chi connectivity index (χ4n) is 2.68. The number of ether oxygens (including phenoxy) is 1. The predicted molar refractivity (Wildman–Crippen MR) is 111 cm³/mol. The summed E-state index contributed by atoms with van der Waals surface area (Å²) in [4.78, 5) is 12.5. The van der Waals surface area contributed by atoms with Crippen molar-refractivity contribution in [1.29, 1.82) is 0 Å². The van der Waals surface area contributed by atoms with Crippen molar-refractivity contribution in [3.63, 3.8) is 0 Å². The Morgan fingerprint density at radius 3 is 2.29 bits per heavy atom. The van der Waals surface area contributed by atoms with Gasteiger partial charge in [0.25, 0.3) is 10.0 Å². The summed E-state index contributed by atoms with van der Waals surface area (Å²) in [6.07, 6.45) is 0.759. The Kier molecular flexibility index (Phi) is 7.07. The van der Waals surface area contributed by atoms with Crippen LogP contribution in [0, 0.1) is 13.8 Å². The minimum atomic E-state index is -4.02. The second-order valence-electron chi connectivity index (χ2n) is 6.88. The molecule has 0 unspecified atom stereocenters. The van der Waals surface area contributed by atoms with Crippen molar-refractivity contribution < 1.29 is 17.9 Å². The minimum absolute atomic E-state index is 0.0342. The third-order valence-electron chi connectivity index (χ3n) is 4.52. The Labute approximate surface area is 167 Å². The van der Waals surface area contributed by atoms with Crippen molar-refractivity contribution in [2.45, 2.75) is 45.1 Å². The quantitative estimate of drug-likeness (QED) is 0.731. The summed E-state index contributed by atoms with van der Waals surface area (Å²) >= 11 is 0. The summed E-state index contributed by atoms with van der Waals surface area (Å²) in [7, 11) is -2.60. The Morgan fingerprint density at radius 2 is 1.71 bits per heavy atom. The van der Waals surface area contributed by atoms with E-state index < -0.39 is 10.0 Å². The standard InChI is InChI=1S/C21H28N2O4S/c1-6-17(4)22-21(24)14-23(18-10-7-15(2)8-11-18)28(25,26)20-13-16(3)9-12-19(20)27-5/h7-13,17H,6,14H2,1-5H3,(H,22,24)/t17-/m0/s1. The molecule has 1 amide bonds. The third-order valence-corrected chi connectivity index (χ3v) is 6.31. The molecule has 0 aliphatic carbocycles. The lowest BCUT2D eigenvalue weighted by Crippen LogP contribution is -2.43. The number of aryl methyl sites for hydroxylation is 2. The largest absolute Gasteiger partial charge is 0.495 e. The van der Waals surface area contributed by atoms with Crippen molar-refractivity contribution >= 4 is 21.6 Å². The third kappa shape index (κ3) is 5.04. The number of nitrogens with zero attached hydrogens (tertiary/aromatic N) is 1. The van der Waals surface area contributed by atoms with E-state index in [4.69, 9.17) is 4.74 Å². The number of nitrogens with one attached hydrogen (secondary N) is 1. The molecule has 0 bridgehead atoms. The van der Waals surface area contributed by atoms with Gasteiger partial charge in [0.2, 0.25) is 5.91 Å². The molecule has 0 saturated carbocycles. The van der Waals surface area contributed by atoms with E-state index in [0.717, 1.165) is 21.9 Å². The fraction of sp³-hybridized carbons (Fsp3) is 0.381. The number of anilines is 1.